The minimum Gasteiger partial charge on any atom is -0.478 e. The maximum absolute atomic E-state index is 13.6. The third-order valence-corrected chi connectivity index (χ3v) is 2.48. The van der Waals surface area contributed by atoms with E-state index in [2.05, 4.69) is 16.7 Å². The summed E-state index contributed by atoms with van der Waals surface area (Å²) in [6, 6.07) is 0.941. The molecule has 0 aliphatic rings. The molecule has 0 fully saturated rings. The summed E-state index contributed by atoms with van der Waals surface area (Å²) in [6.45, 7) is 0. The fraction of sp³-hybridized carbons (Fsp3) is 0. The van der Waals surface area contributed by atoms with Crippen molar-refractivity contribution in [3.63, 3.8) is 0 Å². The summed E-state index contributed by atoms with van der Waals surface area (Å²) < 4.78 is 57.5. The van der Waals surface area contributed by atoms with Gasteiger partial charge in [-0.15, -0.1) is 0 Å². The van der Waals surface area contributed by atoms with E-state index in [4.69, 9.17) is 5.11 Å². The molecule has 0 aliphatic heterocycles. The fourth-order valence-electron chi connectivity index (χ4n) is 1.49. The number of carboxylic acid groups (broad SMARTS) is 1. The zero-order valence-electron chi connectivity index (χ0n) is 8.76. The van der Waals surface area contributed by atoms with Crippen molar-refractivity contribution in [1.29, 1.82) is 0 Å². The Kier molecular flexibility index (Phi) is 3.14. The molecular weight excluding hydrogens is 290 g/mol. The van der Waals surface area contributed by atoms with E-state index >= 15 is 0 Å². The van der Waals surface area contributed by atoms with Crippen LogP contribution in [0, 0.1) is 28.0 Å². The number of rotatable bonds is 2. The predicted molar refractivity (Wildman–Crippen MR) is 56.1 cm³/mol. The molecule has 100 valence electrons. The molecule has 0 unspecified atom stereocenters. The second kappa shape index (κ2) is 4.50. The molecule has 1 heterocycles. The number of aromatic amines is 1. The van der Waals surface area contributed by atoms with Gasteiger partial charge in [0, 0.05) is 6.07 Å². The first-order valence-electron chi connectivity index (χ1n) is 4.62. The molecule has 2 rings (SSSR count). The molecule has 0 saturated heterocycles. The van der Waals surface area contributed by atoms with E-state index in [0.717, 1.165) is 6.07 Å². The Balaban J connectivity index is 2.93. The summed E-state index contributed by atoms with van der Waals surface area (Å²) in [5.41, 5.74) is -2.79. The molecule has 0 spiro atoms. The lowest BCUT2D eigenvalue weighted by Gasteiger charge is -2.08. The van der Waals surface area contributed by atoms with Crippen LogP contribution in [-0.2, 0) is 0 Å². The second-order valence-corrected chi connectivity index (χ2v) is 3.79. The average Bonchev–Trinajstić information content (AvgIpc) is 2.76. The van der Waals surface area contributed by atoms with Crippen molar-refractivity contribution in [2.24, 2.45) is 0 Å². The number of hydrogen-bond acceptors (Lipinski definition) is 3. The summed E-state index contributed by atoms with van der Waals surface area (Å²) >= 11 is 4.55. The first-order chi connectivity index (χ1) is 8.84. The lowest BCUT2D eigenvalue weighted by molar-refractivity contribution is 0.0690. The highest BCUT2D eigenvalue weighted by molar-refractivity contribution is 7.71. The maximum Gasteiger partial charge on any atom is 0.339 e. The fourth-order valence-corrected chi connectivity index (χ4v) is 1.65. The van der Waals surface area contributed by atoms with Crippen molar-refractivity contribution in [1.82, 2.24) is 5.16 Å². The molecule has 2 aromatic rings. The topological polar surface area (TPSA) is 66.2 Å². The lowest BCUT2D eigenvalue weighted by Crippen LogP contribution is -2.11. The number of H-pyrrole nitrogens is 1. The maximum atomic E-state index is 13.6. The molecule has 0 saturated carbocycles. The van der Waals surface area contributed by atoms with Crippen LogP contribution in [0.3, 0.4) is 0 Å². The lowest BCUT2D eigenvalue weighted by atomic mass is 10.0. The van der Waals surface area contributed by atoms with Gasteiger partial charge in [0.1, 0.15) is 5.56 Å². The van der Waals surface area contributed by atoms with E-state index in [1.807, 2.05) is 5.16 Å². The van der Waals surface area contributed by atoms with Crippen molar-refractivity contribution in [3.05, 3.63) is 39.6 Å². The highest BCUT2D eigenvalue weighted by Gasteiger charge is 2.30. The number of carboxylic acids is 1. The van der Waals surface area contributed by atoms with Gasteiger partial charge in [-0.05, 0) is 12.2 Å². The number of aromatic carboxylic acids is 1. The molecular formula is C10H3F4NO3S. The molecule has 1 aromatic carbocycles. The van der Waals surface area contributed by atoms with Gasteiger partial charge in [0.2, 0.25) is 4.71 Å². The Morgan fingerprint density at radius 2 is 1.74 bits per heavy atom. The number of benzene rings is 1. The van der Waals surface area contributed by atoms with E-state index in [0.29, 0.717) is 0 Å². The van der Waals surface area contributed by atoms with Crippen molar-refractivity contribution < 1.29 is 32.0 Å². The Hall–Kier alpha value is -2.16. The van der Waals surface area contributed by atoms with Gasteiger partial charge in [-0.2, -0.15) is 0 Å². The van der Waals surface area contributed by atoms with Crippen LogP contribution in [0.25, 0.3) is 11.3 Å². The first kappa shape index (κ1) is 13.3. The van der Waals surface area contributed by atoms with Crippen LogP contribution in [0.15, 0.2) is 10.6 Å². The van der Waals surface area contributed by atoms with Crippen molar-refractivity contribution in [2.45, 2.75) is 0 Å². The zero-order valence-corrected chi connectivity index (χ0v) is 9.58. The van der Waals surface area contributed by atoms with Crippen molar-refractivity contribution >= 4 is 18.2 Å². The Morgan fingerprint density at radius 3 is 2.21 bits per heavy atom. The molecule has 19 heavy (non-hydrogen) atoms. The van der Waals surface area contributed by atoms with Gasteiger partial charge >= 0.3 is 5.97 Å². The van der Waals surface area contributed by atoms with E-state index < -0.39 is 46.1 Å². The molecule has 2 N–H and O–H groups in total. The monoisotopic (exact) mass is 293 g/mol. The molecule has 0 amide bonds. The van der Waals surface area contributed by atoms with Crippen LogP contribution in [0.1, 0.15) is 10.4 Å². The summed E-state index contributed by atoms with van der Waals surface area (Å²) in [5, 5.41) is 10.8. The number of aromatic nitrogens is 1. The molecule has 0 bridgehead atoms. The molecule has 4 nitrogen and oxygen atoms in total. The van der Waals surface area contributed by atoms with E-state index in [9.17, 15) is 22.4 Å². The van der Waals surface area contributed by atoms with Gasteiger partial charge in [0.25, 0.3) is 0 Å². The van der Waals surface area contributed by atoms with Gasteiger partial charge < -0.3 is 9.63 Å². The number of nitrogens with one attached hydrogen (secondary N) is 1. The molecule has 0 aliphatic carbocycles. The zero-order chi connectivity index (χ0) is 14.3. The quantitative estimate of drug-likeness (QED) is 0.386. The van der Waals surface area contributed by atoms with Gasteiger partial charge in [-0.1, -0.05) is 0 Å². The van der Waals surface area contributed by atoms with Gasteiger partial charge in [-0.25, -0.2) is 27.5 Å². The molecule has 0 radical (unpaired) electrons. The normalized spacial score (nSPS) is 10.7. The first-order valence-corrected chi connectivity index (χ1v) is 5.03. The van der Waals surface area contributed by atoms with Crippen molar-refractivity contribution in [3.8, 4) is 11.3 Å². The summed E-state index contributed by atoms with van der Waals surface area (Å²) in [6.07, 6.45) is 0. The minimum absolute atomic E-state index is 0.198. The van der Waals surface area contributed by atoms with Crippen LogP contribution >= 0.6 is 12.2 Å². The Bertz CT molecular complexity index is 737. The van der Waals surface area contributed by atoms with E-state index in [1.54, 1.807) is 0 Å². The standard InChI is InChI=1S/C10H3F4NO3S/c11-6-4(2-1-3(19)18-15-2)5(10(16)17)7(12)9(14)8(6)13/h1,15H,(H,16,17). The molecule has 1 aromatic heterocycles. The summed E-state index contributed by atoms with van der Waals surface area (Å²) in [4.78, 5) is 10.9. The van der Waals surface area contributed by atoms with Crippen LogP contribution < -0.4 is 0 Å². The second-order valence-electron chi connectivity index (χ2n) is 3.39. The van der Waals surface area contributed by atoms with E-state index in [1.165, 1.54) is 0 Å². The van der Waals surface area contributed by atoms with Gasteiger partial charge in [0.15, 0.2) is 23.3 Å². The smallest absolute Gasteiger partial charge is 0.339 e. The predicted octanol–water partition coefficient (Wildman–Crippen LogP) is 3.26. The van der Waals surface area contributed by atoms with Gasteiger partial charge in [0.05, 0.1) is 11.3 Å². The average molecular weight is 293 g/mol. The largest absolute Gasteiger partial charge is 0.478 e. The SMILES string of the molecule is O=C(O)c1c(F)c(F)c(F)c(F)c1-c1cc(=S)o[nH]1. The number of hydrogen-bond donors (Lipinski definition) is 2. The number of halogens is 4. The van der Waals surface area contributed by atoms with Crippen LogP contribution in [0.2, 0.25) is 0 Å². The van der Waals surface area contributed by atoms with Crippen LogP contribution in [0.5, 0.6) is 0 Å². The third-order valence-electron chi connectivity index (χ3n) is 2.27. The Labute approximate surface area is 107 Å². The third kappa shape index (κ3) is 2.01. The highest BCUT2D eigenvalue weighted by Crippen LogP contribution is 2.31. The van der Waals surface area contributed by atoms with Crippen LogP contribution in [0.4, 0.5) is 17.6 Å². The summed E-state index contributed by atoms with van der Waals surface area (Å²) in [7, 11) is 0. The van der Waals surface area contributed by atoms with E-state index in [-0.39, 0.29) is 4.71 Å². The molecule has 0 atom stereocenters. The minimum atomic E-state index is -2.21. The Morgan fingerprint density at radius 1 is 1.16 bits per heavy atom. The highest BCUT2D eigenvalue weighted by atomic mass is 32.1. The van der Waals surface area contributed by atoms with Gasteiger partial charge in [-0.3, -0.25) is 0 Å². The summed E-state index contributed by atoms with van der Waals surface area (Å²) in [5.74, 6) is -10.2. The molecule has 9 heteroatoms. The van der Waals surface area contributed by atoms with Crippen LogP contribution in [-0.4, -0.2) is 16.2 Å². The number of carbonyl (C=O) groups is 1. The van der Waals surface area contributed by atoms with Crippen molar-refractivity contribution in [2.75, 3.05) is 0 Å².